The van der Waals surface area contributed by atoms with E-state index in [2.05, 4.69) is 44.5 Å². The second-order valence-electron chi connectivity index (χ2n) is 6.72. The van der Waals surface area contributed by atoms with Crippen molar-refractivity contribution in [2.24, 2.45) is 0 Å². The number of fused-ring (bicyclic) bond motifs is 1. The average Bonchev–Trinajstić information content (AvgIpc) is 3.12. The Morgan fingerprint density at radius 1 is 1.07 bits per heavy atom. The van der Waals surface area contributed by atoms with Crippen molar-refractivity contribution in [2.75, 3.05) is 18.0 Å². The van der Waals surface area contributed by atoms with E-state index in [1.807, 2.05) is 37.3 Å². The summed E-state index contributed by atoms with van der Waals surface area (Å²) in [6.07, 6.45) is 1.76. The van der Waals surface area contributed by atoms with Gasteiger partial charge in [0.1, 0.15) is 5.69 Å². The summed E-state index contributed by atoms with van der Waals surface area (Å²) in [5, 5.41) is 2.96. The number of amides is 1. The van der Waals surface area contributed by atoms with Gasteiger partial charge in [0.15, 0.2) is 0 Å². The molecule has 5 nitrogen and oxygen atoms in total. The third-order valence-electron chi connectivity index (χ3n) is 4.75. The Hall–Kier alpha value is -3.21. The first-order valence-corrected chi connectivity index (χ1v) is 9.24. The lowest BCUT2D eigenvalue weighted by molar-refractivity contribution is 0.0949. The summed E-state index contributed by atoms with van der Waals surface area (Å²) in [7, 11) is 0. The largest absolute Gasteiger partial charge is 0.350 e. The van der Waals surface area contributed by atoms with E-state index >= 15 is 0 Å². The molecule has 5 heteroatoms. The van der Waals surface area contributed by atoms with Crippen LogP contribution in [0.4, 0.5) is 11.6 Å². The molecule has 0 saturated carbocycles. The van der Waals surface area contributed by atoms with Crippen LogP contribution in [0, 0.1) is 6.92 Å². The second kappa shape index (κ2) is 7.58. The predicted molar refractivity (Wildman–Crippen MR) is 106 cm³/mol. The number of hydrogen-bond acceptors (Lipinski definition) is 4. The molecule has 0 unspecified atom stereocenters. The van der Waals surface area contributed by atoms with Gasteiger partial charge in [-0.05, 0) is 43.0 Å². The first kappa shape index (κ1) is 17.2. The Balaban J connectivity index is 1.48. The Morgan fingerprint density at radius 3 is 2.70 bits per heavy atom. The molecule has 0 fully saturated rings. The highest BCUT2D eigenvalue weighted by Crippen LogP contribution is 2.32. The number of nitrogens with zero attached hydrogens (tertiary/aromatic N) is 3. The molecule has 4 rings (SSSR count). The van der Waals surface area contributed by atoms with Gasteiger partial charge in [-0.15, -0.1) is 0 Å². The van der Waals surface area contributed by atoms with Gasteiger partial charge in [0.2, 0.25) is 5.95 Å². The zero-order valence-electron chi connectivity index (χ0n) is 15.4. The number of para-hydroxylation sites is 1. The van der Waals surface area contributed by atoms with E-state index in [-0.39, 0.29) is 5.91 Å². The van der Waals surface area contributed by atoms with Crippen molar-refractivity contribution in [3.8, 4) is 0 Å². The number of aryl methyl sites for hydroxylation is 1. The summed E-state index contributed by atoms with van der Waals surface area (Å²) < 4.78 is 0. The molecule has 27 heavy (non-hydrogen) atoms. The van der Waals surface area contributed by atoms with Gasteiger partial charge in [0.25, 0.3) is 5.91 Å². The van der Waals surface area contributed by atoms with Crippen molar-refractivity contribution in [1.29, 1.82) is 0 Å². The minimum Gasteiger partial charge on any atom is -0.350 e. The SMILES string of the molecule is Cc1cc(C(=O)NCCc2ccccc2)nc(N2CCc3ccccc32)n1. The van der Waals surface area contributed by atoms with Gasteiger partial charge < -0.3 is 10.2 Å². The number of nitrogens with one attached hydrogen (secondary N) is 1. The predicted octanol–water partition coefficient (Wildman–Crippen LogP) is 3.45. The fourth-order valence-electron chi connectivity index (χ4n) is 3.39. The van der Waals surface area contributed by atoms with Gasteiger partial charge in [-0.25, -0.2) is 9.97 Å². The van der Waals surface area contributed by atoms with Crippen LogP contribution in [-0.2, 0) is 12.8 Å². The monoisotopic (exact) mass is 358 g/mol. The van der Waals surface area contributed by atoms with Gasteiger partial charge >= 0.3 is 0 Å². The molecule has 1 amide bonds. The fraction of sp³-hybridized carbons (Fsp3) is 0.227. The molecule has 1 N–H and O–H groups in total. The molecule has 3 aromatic rings. The van der Waals surface area contributed by atoms with Crippen LogP contribution in [0.15, 0.2) is 60.7 Å². The van der Waals surface area contributed by atoms with Crippen LogP contribution in [0.3, 0.4) is 0 Å². The van der Waals surface area contributed by atoms with E-state index in [0.717, 1.165) is 30.8 Å². The van der Waals surface area contributed by atoms with Crippen LogP contribution < -0.4 is 10.2 Å². The number of carbonyl (C=O) groups is 1. The highest BCUT2D eigenvalue weighted by atomic mass is 16.1. The maximum atomic E-state index is 12.6. The van der Waals surface area contributed by atoms with Crippen molar-refractivity contribution >= 4 is 17.5 Å². The molecule has 1 aromatic heterocycles. The second-order valence-corrected chi connectivity index (χ2v) is 6.72. The maximum Gasteiger partial charge on any atom is 0.270 e. The van der Waals surface area contributed by atoms with Crippen LogP contribution in [0.5, 0.6) is 0 Å². The molecule has 0 bridgehead atoms. The minimum absolute atomic E-state index is 0.162. The Morgan fingerprint density at radius 2 is 1.85 bits per heavy atom. The average molecular weight is 358 g/mol. The van der Waals surface area contributed by atoms with E-state index < -0.39 is 0 Å². The third-order valence-corrected chi connectivity index (χ3v) is 4.75. The third kappa shape index (κ3) is 3.82. The standard InChI is InChI=1S/C22H22N4O/c1-16-15-19(21(27)23-13-11-17-7-3-2-4-8-17)25-22(24-16)26-14-12-18-9-5-6-10-20(18)26/h2-10,15H,11-14H2,1H3,(H,23,27). The molecule has 136 valence electrons. The van der Waals surface area contributed by atoms with Gasteiger partial charge in [-0.3, -0.25) is 4.79 Å². The van der Waals surface area contributed by atoms with Crippen molar-refractivity contribution in [3.63, 3.8) is 0 Å². The fourth-order valence-corrected chi connectivity index (χ4v) is 3.39. The normalized spacial score (nSPS) is 12.7. The first-order valence-electron chi connectivity index (χ1n) is 9.24. The molecule has 0 spiro atoms. The van der Waals surface area contributed by atoms with Crippen LogP contribution in [-0.4, -0.2) is 29.0 Å². The molecule has 1 aliphatic heterocycles. The molecule has 0 radical (unpaired) electrons. The van der Waals surface area contributed by atoms with Gasteiger partial charge in [0.05, 0.1) is 0 Å². The number of rotatable bonds is 5. The van der Waals surface area contributed by atoms with Crippen LogP contribution in [0.25, 0.3) is 0 Å². The highest BCUT2D eigenvalue weighted by Gasteiger charge is 2.23. The van der Waals surface area contributed by atoms with Crippen molar-refractivity contribution in [3.05, 3.63) is 83.2 Å². The number of anilines is 2. The summed E-state index contributed by atoms with van der Waals surface area (Å²) in [6.45, 7) is 3.31. The molecular formula is C22H22N4O. The van der Waals surface area contributed by atoms with Crippen LogP contribution in [0.2, 0.25) is 0 Å². The van der Waals surface area contributed by atoms with E-state index in [0.29, 0.717) is 18.2 Å². The number of hydrogen-bond donors (Lipinski definition) is 1. The zero-order valence-corrected chi connectivity index (χ0v) is 15.4. The lowest BCUT2D eigenvalue weighted by Gasteiger charge is -2.18. The number of aromatic nitrogens is 2. The lowest BCUT2D eigenvalue weighted by atomic mass is 10.1. The zero-order chi connectivity index (χ0) is 18.6. The highest BCUT2D eigenvalue weighted by molar-refractivity contribution is 5.92. The van der Waals surface area contributed by atoms with E-state index in [4.69, 9.17) is 0 Å². The lowest BCUT2D eigenvalue weighted by Crippen LogP contribution is -2.28. The smallest absolute Gasteiger partial charge is 0.270 e. The van der Waals surface area contributed by atoms with Crippen LogP contribution in [0.1, 0.15) is 27.3 Å². The topological polar surface area (TPSA) is 58.1 Å². The van der Waals surface area contributed by atoms with Crippen molar-refractivity contribution in [1.82, 2.24) is 15.3 Å². The van der Waals surface area contributed by atoms with Crippen molar-refractivity contribution < 1.29 is 4.79 Å². The Bertz CT molecular complexity index is 956. The molecule has 0 saturated heterocycles. The Labute approximate surface area is 159 Å². The summed E-state index contributed by atoms with van der Waals surface area (Å²) in [4.78, 5) is 23.8. The molecule has 0 atom stereocenters. The quantitative estimate of drug-likeness (QED) is 0.759. The molecular weight excluding hydrogens is 336 g/mol. The van der Waals surface area contributed by atoms with E-state index in [1.54, 1.807) is 6.07 Å². The summed E-state index contributed by atoms with van der Waals surface area (Å²) in [6, 6.07) is 20.1. The van der Waals surface area contributed by atoms with Gasteiger partial charge in [-0.2, -0.15) is 0 Å². The van der Waals surface area contributed by atoms with Gasteiger partial charge in [0, 0.05) is 24.5 Å². The minimum atomic E-state index is -0.162. The summed E-state index contributed by atoms with van der Waals surface area (Å²) in [5.74, 6) is 0.429. The maximum absolute atomic E-state index is 12.6. The summed E-state index contributed by atoms with van der Waals surface area (Å²) in [5.41, 5.74) is 4.81. The van der Waals surface area contributed by atoms with Gasteiger partial charge in [-0.1, -0.05) is 48.5 Å². The first-order chi connectivity index (χ1) is 13.2. The van der Waals surface area contributed by atoms with Crippen molar-refractivity contribution in [2.45, 2.75) is 19.8 Å². The number of carbonyl (C=O) groups excluding carboxylic acids is 1. The molecule has 2 heterocycles. The van der Waals surface area contributed by atoms with E-state index in [9.17, 15) is 4.79 Å². The molecule has 1 aliphatic rings. The Kier molecular flexibility index (Phi) is 4.83. The number of benzene rings is 2. The molecule has 0 aliphatic carbocycles. The van der Waals surface area contributed by atoms with Crippen LogP contribution >= 0.6 is 0 Å². The summed E-state index contributed by atoms with van der Waals surface area (Å²) >= 11 is 0. The molecule has 2 aromatic carbocycles. The van der Waals surface area contributed by atoms with E-state index in [1.165, 1.54) is 11.1 Å².